The fraction of sp³-hybridized carbons (Fsp3) is 0.467. The van der Waals surface area contributed by atoms with E-state index in [1.807, 2.05) is 6.92 Å². The molecule has 0 aliphatic carbocycles. The molecule has 0 saturated carbocycles. The van der Waals surface area contributed by atoms with Crippen molar-refractivity contribution in [1.29, 1.82) is 0 Å². The molecule has 21 heavy (non-hydrogen) atoms. The average molecular weight is 295 g/mol. The van der Waals surface area contributed by atoms with Crippen LogP contribution in [0.5, 0.6) is 11.5 Å². The minimum absolute atomic E-state index is 0.270. The summed E-state index contributed by atoms with van der Waals surface area (Å²) >= 11 is 0. The van der Waals surface area contributed by atoms with Gasteiger partial charge in [0.2, 0.25) is 0 Å². The van der Waals surface area contributed by atoms with Crippen molar-refractivity contribution < 1.29 is 24.2 Å². The van der Waals surface area contributed by atoms with Crippen molar-refractivity contribution in [3.63, 3.8) is 0 Å². The largest absolute Gasteiger partial charge is 0.493 e. The van der Waals surface area contributed by atoms with Gasteiger partial charge in [0.05, 0.1) is 19.6 Å². The summed E-state index contributed by atoms with van der Waals surface area (Å²) in [6.07, 6.45) is 0.384. The van der Waals surface area contributed by atoms with Crippen LogP contribution in [0, 0.1) is 5.92 Å². The number of hydrogen-bond acceptors (Lipinski definition) is 4. The highest BCUT2D eigenvalue weighted by Crippen LogP contribution is 2.27. The first-order valence-corrected chi connectivity index (χ1v) is 6.81. The van der Waals surface area contributed by atoms with Crippen LogP contribution in [-0.4, -0.2) is 37.2 Å². The highest BCUT2D eigenvalue weighted by Gasteiger charge is 2.13. The molecule has 1 amide bonds. The summed E-state index contributed by atoms with van der Waals surface area (Å²) in [6.45, 7) is 4.29. The van der Waals surface area contributed by atoms with Gasteiger partial charge >= 0.3 is 5.97 Å². The maximum atomic E-state index is 12.0. The smallest absolute Gasteiger partial charge is 0.306 e. The standard InChI is InChI=1S/C15H21NO5/c1-4-21-12-6-5-11(9-13(12)20-3)14(17)16-8-7-10(2)15(18)19/h5-6,9-10H,4,7-8H2,1-3H3,(H,16,17)(H,18,19). The summed E-state index contributed by atoms with van der Waals surface area (Å²) in [5.74, 6) is -0.555. The highest BCUT2D eigenvalue weighted by atomic mass is 16.5. The number of carbonyl (C=O) groups is 2. The fourth-order valence-corrected chi connectivity index (χ4v) is 1.71. The van der Waals surface area contributed by atoms with Gasteiger partial charge in [-0.15, -0.1) is 0 Å². The van der Waals surface area contributed by atoms with Crippen molar-refractivity contribution in [2.45, 2.75) is 20.3 Å². The van der Waals surface area contributed by atoms with Gasteiger partial charge in [-0.05, 0) is 31.5 Å². The fourth-order valence-electron chi connectivity index (χ4n) is 1.71. The Labute approximate surface area is 124 Å². The third kappa shape index (κ3) is 4.98. The van der Waals surface area contributed by atoms with Gasteiger partial charge in [0.25, 0.3) is 5.91 Å². The van der Waals surface area contributed by atoms with Crippen LogP contribution in [0.3, 0.4) is 0 Å². The zero-order valence-corrected chi connectivity index (χ0v) is 12.5. The number of nitrogens with one attached hydrogen (secondary N) is 1. The third-order valence-corrected chi connectivity index (χ3v) is 3.01. The SMILES string of the molecule is CCOc1ccc(C(=O)NCCC(C)C(=O)O)cc1OC. The van der Waals surface area contributed by atoms with Crippen LogP contribution in [0.2, 0.25) is 0 Å². The molecule has 1 aromatic rings. The monoisotopic (exact) mass is 295 g/mol. The molecule has 0 heterocycles. The predicted molar refractivity (Wildman–Crippen MR) is 77.9 cm³/mol. The lowest BCUT2D eigenvalue weighted by atomic mass is 10.1. The summed E-state index contributed by atoms with van der Waals surface area (Å²) in [4.78, 5) is 22.7. The summed E-state index contributed by atoms with van der Waals surface area (Å²) < 4.78 is 10.6. The van der Waals surface area contributed by atoms with Crippen LogP contribution in [-0.2, 0) is 4.79 Å². The second-order valence-electron chi connectivity index (χ2n) is 4.58. The van der Waals surface area contributed by atoms with Gasteiger partial charge in [-0.1, -0.05) is 6.92 Å². The van der Waals surface area contributed by atoms with Crippen LogP contribution in [0.1, 0.15) is 30.6 Å². The number of benzene rings is 1. The van der Waals surface area contributed by atoms with E-state index < -0.39 is 11.9 Å². The number of carbonyl (C=O) groups excluding carboxylic acids is 1. The minimum Gasteiger partial charge on any atom is -0.493 e. The lowest BCUT2D eigenvalue weighted by Crippen LogP contribution is -2.27. The van der Waals surface area contributed by atoms with Gasteiger partial charge in [0, 0.05) is 12.1 Å². The lowest BCUT2D eigenvalue weighted by Gasteiger charge is -2.11. The number of methoxy groups -OCH3 is 1. The van der Waals surface area contributed by atoms with Crippen molar-refractivity contribution in [2.75, 3.05) is 20.3 Å². The molecule has 6 nitrogen and oxygen atoms in total. The van der Waals surface area contributed by atoms with Crippen LogP contribution < -0.4 is 14.8 Å². The number of ether oxygens (including phenoxy) is 2. The Morgan fingerprint density at radius 3 is 2.62 bits per heavy atom. The number of rotatable bonds is 8. The van der Waals surface area contributed by atoms with E-state index in [2.05, 4.69) is 5.32 Å². The molecule has 116 valence electrons. The average Bonchev–Trinajstić information content (AvgIpc) is 2.47. The topological polar surface area (TPSA) is 84.9 Å². The van der Waals surface area contributed by atoms with Crippen LogP contribution in [0.4, 0.5) is 0 Å². The molecule has 1 unspecified atom stereocenters. The molecule has 6 heteroatoms. The number of aliphatic carboxylic acids is 1. The Balaban J connectivity index is 2.64. The zero-order valence-electron chi connectivity index (χ0n) is 12.5. The molecule has 0 fully saturated rings. The first-order chi connectivity index (χ1) is 9.99. The molecule has 0 aliphatic heterocycles. The van der Waals surface area contributed by atoms with Gasteiger partial charge in [0.15, 0.2) is 11.5 Å². The molecule has 1 rings (SSSR count). The number of carboxylic acids is 1. The lowest BCUT2D eigenvalue weighted by molar-refractivity contribution is -0.141. The molecule has 0 aliphatic rings. The van der Waals surface area contributed by atoms with Gasteiger partial charge < -0.3 is 19.9 Å². The van der Waals surface area contributed by atoms with Crippen LogP contribution in [0.15, 0.2) is 18.2 Å². The maximum absolute atomic E-state index is 12.0. The van der Waals surface area contributed by atoms with E-state index in [4.69, 9.17) is 14.6 Å². The molecule has 0 bridgehead atoms. The zero-order chi connectivity index (χ0) is 15.8. The van der Waals surface area contributed by atoms with Gasteiger partial charge in [-0.2, -0.15) is 0 Å². The van der Waals surface area contributed by atoms with E-state index in [-0.39, 0.29) is 5.91 Å². The summed E-state index contributed by atoms with van der Waals surface area (Å²) in [7, 11) is 1.51. The highest BCUT2D eigenvalue weighted by molar-refractivity contribution is 5.94. The first kappa shape index (κ1) is 16.8. The Morgan fingerprint density at radius 1 is 1.33 bits per heavy atom. The second kappa shape index (κ2) is 8.14. The maximum Gasteiger partial charge on any atom is 0.306 e. The molecular weight excluding hydrogens is 274 g/mol. The Hall–Kier alpha value is -2.24. The molecule has 0 saturated heterocycles. The molecule has 2 N–H and O–H groups in total. The van der Waals surface area contributed by atoms with Gasteiger partial charge in [-0.3, -0.25) is 9.59 Å². The van der Waals surface area contributed by atoms with Crippen LogP contribution in [0.25, 0.3) is 0 Å². The third-order valence-electron chi connectivity index (χ3n) is 3.01. The van der Waals surface area contributed by atoms with E-state index in [9.17, 15) is 9.59 Å². The summed E-state index contributed by atoms with van der Waals surface area (Å²) in [5, 5.41) is 11.5. The van der Waals surface area contributed by atoms with E-state index in [0.717, 1.165) is 0 Å². The number of carboxylic acid groups (broad SMARTS) is 1. The molecule has 0 spiro atoms. The summed E-state index contributed by atoms with van der Waals surface area (Å²) in [5.41, 5.74) is 0.443. The molecule has 1 aromatic carbocycles. The van der Waals surface area contributed by atoms with E-state index >= 15 is 0 Å². The Morgan fingerprint density at radius 2 is 2.05 bits per heavy atom. The molecule has 0 radical (unpaired) electrons. The second-order valence-corrected chi connectivity index (χ2v) is 4.58. The number of amides is 1. The van der Waals surface area contributed by atoms with Crippen molar-refractivity contribution in [3.8, 4) is 11.5 Å². The van der Waals surface area contributed by atoms with Crippen molar-refractivity contribution >= 4 is 11.9 Å². The summed E-state index contributed by atoms with van der Waals surface area (Å²) in [6, 6.07) is 4.92. The quantitative estimate of drug-likeness (QED) is 0.765. The van der Waals surface area contributed by atoms with E-state index in [1.54, 1.807) is 25.1 Å². The molecule has 0 aromatic heterocycles. The molecule has 1 atom stereocenters. The number of hydrogen-bond donors (Lipinski definition) is 2. The van der Waals surface area contributed by atoms with Crippen molar-refractivity contribution in [2.24, 2.45) is 5.92 Å². The predicted octanol–water partition coefficient (Wildman–Crippen LogP) is 1.93. The van der Waals surface area contributed by atoms with E-state index in [0.29, 0.717) is 36.6 Å². The van der Waals surface area contributed by atoms with E-state index in [1.165, 1.54) is 7.11 Å². The molecular formula is C15H21NO5. The normalized spacial score (nSPS) is 11.6. The first-order valence-electron chi connectivity index (χ1n) is 6.81. The van der Waals surface area contributed by atoms with Gasteiger partial charge in [-0.25, -0.2) is 0 Å². The Kier molecular flexibility index (Phi) is 6.52. The van der Waals surface area contributed by atoms with Crippen molar-refractivity contribution in [1.82, 2.24) is 5.32 Å². The Bertz CT molecular complexity index is 501. The van der Waals surface area contributed by atoms with Crippen LogP contribution >= 0.6 is 0 Å². The van der Waals surface area contributed by atoms with Gasteiger partial charge in [0.1, 0.15) is 0 Å². The minimum atomic E-state index is -0.869. The van der Waals surface area contributed by atoms with Crippen molar-refractivity contribution in [3.05, 3.63) is 23.8 Å².